The zero-order chi connectivity index (χ0) is 15.9. The maximum atomic E-state index is 12.3. The Morgan fingerprint density at radius 2 is 1.43 bits per heavy atom. The maximum Gasteiger partial charge on any atom is 0.331 e. The Bertz CT molecular complexity index is 348. The van der Waals surface area contributed by atoms with E-state index in [9.17, 15) is 4.79 Å². The second-order valence-corrected chi connectivity index (χ2v) is 4.81. The molecule has 0 aliphatic heterocycles. The van der Waals surface area contributed by atoms with E-state index in [-0.39, 0.29) is 6.03 Å². The van der Waals surface area contributed by atoms with E-state index in [1.165, 1.54) is 0 Å². The summed E-state index contributed by atoms with van der Waals surface area (Å²) in [6, 6.07) is -0.0213. The summed E-state index contributed by atoms with van der Waals surface area (Å²) in [5.74, 6) is 0. The molecule has 0 aromatic heterocycles. The van der Waals surface area contributed by atoms with Crippen molar-refractivity contribution in [3.63, 3.8) is 0 Å². The van der Waals surface area contributed by atoms with Gasteiger partial charge < -0.3 is 5.32 Å². The van der Waals surface area contributed by atoms with Gasteiger partial charge in [-0.15, -0.1) is 0 Å². The third kappa shape index (κ3) is 9.91. The van der Waals surface area contributed by atoms with Crippen molar-refractivity contribution in [1.82, 2.24) is 15.3 Å². The Hall–Kier alpha value is -1.55. The van der Waals surface area contributed by atoms with Gasteiger partial charge in [-0.1, -0.05) is 36.5 Å². The molecule has 0 aromatic rings. The summed E-state index contributed by atoms with van der Waals surface area (Å²) in [5.41, 5.74) is 0. The van der Waals surface area contributed by atoms with Crippen molar-refractivity contribution in [2.45, 2.75) is 40.0 Å². The molecule has 0 radical (unpaired) electrons. The number of amides is 2. The summed E-state index contributed by atoms with van der Waals surface area (Å²) >= 11 is 0. The minimum absolute atomic E-state index is 0.0213. The van der Waals surface area contributed by atoms with Crippen molar-refractivity contribution in [3.05, 3.63) is 36.5 Å². The Morgan fingerprint density at radius 3 is 2.00 bits per heavy atom. The van der Waals surface area contributed by atoms with E-state index < -0.39 is 0 Å². The molecule has 0 saturated heterocycles. The van der Waals surface area contributed by atoms with E-state index in [1.807, 2.05) is 51.1 Å². The minimum Gasteiger partial charge on any atom is -0.337 e. The van der Waals surface area contributed by atoms with Crippen LogP contribution in [-0.2, 0) is 0 Å². The summed E-state index contributed by atoms with van der Waals surface area (Å²) in [6.45, 7) is 8.20. The number of urea groups is 1. The molecule has 0 spiro atoms. The third-order valence-electron chi connectivity index (χ3n) is 3.07. The predicted molar refractivity (Wildman–Crippen MR) is 91.0 cm³/mol. The fourth-order valence-corrected chi connectivity index (χ4v) is 1.86. The van der Waals surface area contributed by atoms with Crippen LogP contribution in [0.3, 0.4) is 0 Å². The van der Waals surface area contributed by atoms with Crippen LogP contribution in [0.4, 0.5) is 4.79 Å². The number of allylic oxidation sites excluding steroid dienone is 3. The van der Waals surface area contributed by atoms with Gasteiger partial charge >= 0.3 is 6.03 Å². The molecule has 0 aromatic carbocycles. The molecule has 0 rings (SSSR count). The van der Waals surface area contributed by atoms with Crippen LogP contribution in [0.25, 0.3) is 0 Å². The van der Waals surface area contributed by atoms with Gasteiger partial charge in [-0.2, -0.15) is 0 Å². The van der Waals surface area contributed by atoms with Gasteiger partial charge in [0, 0.05) is 26.7 Å². The number of hydrazine groups is 1. The van der Waals surface area contributed by atoms with E-state index in [0.29, 0.717) is 13.1 Å². The Balaban J connectivity index is 4.43. The average Bonchev–Trinajstić information content (AvgIpc) is 2.48. The average molecular weight is 293 g/mol. The Kier molecular flexibility index (Phi) is 12.4. The molecule has 0 atom stereocenters. The van der Waals surface area contributed by atoms with Crippen molar-refractivity contribution in [2.75, 3.05) is 26.7 Å². The molecule has 0 unspecified atom stereocenters. The van der Waals surface area contributed by atoms with Crippen LogP contribution in [0.15, 0.2) is 36.5 Å². The van der Waals surface area contributed by atoms with Crippen molar-refractivity contribution < 1.29 is 4.79 Å². The fourth-order valence-electron chi connectivity index (χ4n) is 1.86. The molecule has 0 saturated carbocycles. The normalized spacial score (nSPS) is 12.0. The standard InChI is InChI=1S/C17H31N3O/c1-5-8-11-14-18-17(21)20(16-13-10-7-3)19(4)15-12-9-6-2/h5-10H,11-16H2,1-4H3,(H,18,21)/b8-5+,9-6+,10-7+. The van der Waals surface area contributed by atoms with Gasteiger partial charge in [-0.25, -0.2) is 9.80 Å². The van der Waals surface area contributed by atoms with Crippen molar-refractivity contribution in [1.29, 1.82) is 0 Å². The van der Waals surface area contributed by atoms with E-state index in [1.54, 1.807) is 5.01 Å². The number of nitrogens with one attached hydrogen (secondary N) is 1. The second kappa shape index (κ2) is 13.4. The first-order chi connectivity index (χ1) is 10.2. The summed E-state index contributed by atoms with van der Waals surface area (Å²) in [4.78, 5) is 12.3. The highest BCUT2D eigenvalue weighted by Crippen LogP contribution is 2.01. The fraction of sp³-hybridized carbons (Fsp3) is 0.588. The zero-order valence-corrected chi connectivity index (χ0v) is 14.0. The predicted octanol–water partition coefficient (Wildman–Crippen LogP) is 3.74. The Labute approximate surface area is 130 Å². The topological polar surface area (TPSA) is 35.6 Å². The van der Waals surface area contributed by atoms with Gasteiger partial charge in [0.1, 0.15) is 0 Å². The molecular weight excluding hydrogens is 262 g/mol. The van der Waals surface area contributed by atoms with Gasteiger partial charge in [-0.3, -0.25) is 5.01 Å². The first-order valence-corrected chi connectivity index (χ1v) is 7.77. The molecule has 0 heterocycles. The smallest absolute Gasteiger partial charge is 0.331 e. The molecular formula is C17H31N3O. The largest absolute Gasteiger partial charge is 0.337 e. The number of hydrogen-bond acceptors (Lipinski definition) is 2. The molecule has 21 heavy (non-hydrogen) atoms. The molecule has 120 valence electrons. The van der Waals surface area contributed by atoms with E-state index in [2.05, 4.69) is 23.5 Å². The molecule has 0 fully saturated rings. The van der Waals surface area contributed by atoms with Crippen LogP contribution in [0, 0.1) is 0 Å². The van der Waals surface area contributed by atoms with Crippen molar-refractivity contribution in [3.8, 4) is 0 Å². The highest BCUT2D eigenvalue weighted by Gasteiger charge is 2.16. The SMILES string of the molecule is C/C=C/CCNC(=O)N(CC/C=C/C)N(C)CC/C=C/C. The first kappa shape index (κ1) is 19.4. The molecule has 2 amide bonds. The minimum atomic E-state index is -0.0213. The zero-order valence-electron chi connectivity index (χ0n) is 14.0. The maximum absolute atomic E-state index is 12.3. The lowest BCUT2D eigenvalue weighted by Crippen LogP contribution is -2.50. The quantitative estimate of drug-likeness (QED) is 0.378. The molecule has 0 aliphatic carbocycles. The third-order valence-corrected chi connectivity index (χ3v) is 3.07. The summed E-state index contributed by atoms with van der Waals surface area (Å²) < 4.78 is 0. The highest BCUT2D eigenvalue weighted by molar-refractivity contribution is 5.73. The van der Waals surface area contributed by atoms with E-state index in [0.717, 1.165) is 25.8 Å². The van der Waals surface area contributed by atoms with Gasteiger partial charge in [0.15, 0.2) is 0 Å². The van der Waals surface area contributed by atoms with Gasteiger partial charge in [0.05, 0.1) is 0 Å². The molecule has 0 aliphatic rings. The monoisotopic (exact) mass is 293 g/mol. The van der Waals surface area contributed by atoms with Crippen LogP contribution in [0.2, 0.25) is 0 Å². The second-order valence-electron chi connectivity index (χ2n) is 4.81. The lowest BCUT2D eigenvalue weighted by Gasteiger charge is -2.31. The number of nitrogens with zero attached hydrogens (tertiary/aromatic N) is 2. The van der Waals surface area contributed by atoms with E-state index >= 15 is 0 Å². The van der Waals surface area contributed by atoms with Crippen molar-refractivity contribution >= 4 is 6.03 Å². The number of rotatable bonds is 10. The van der Waals surface area contributed by atoms with Crippen LogP contribution in [-0.4, -0.2) is 42.7 Å². The first-order valence-electron chi connectivity index (χ1n) is 7.77. The lowest BCUT2D eigenvalue weighted by atomic mass is 10.3. The van der Waals surface area contributed by atoms with Gasteiger partial charge in [0.2, 0.25) is 0 Å². The number of hydrogen-bond donors (Lipinski definition) is 1. The van der Waals surface area contributed by atoms with E-state index in [4.69, 9.17) is 0 Å². The lowest BCUT2D eigenvalue weighted by molar-refractivity contribution is 0.0413. The van der Waals surface area contributed by atoms with Gasteiger partial charge in [0.25, 0.3) is 0 Å². The van der Waals surface area contributed by atoms with Gasteiger partial charge in [-0.05, 0) is 40.0 Å². The van der Waals surface area contributed by atoms with Crippen LogP contribution < -0.4 is 5.32 Å². The number of carbonyl (C=O) groups excluding carboxylic acids is 1. The summed E-state index contributed by atoms with van der Waals surface area (Å²) in [6.07, 6.45) is 15.0. The summed E-state index contributed by atoms with van der Waals surface area (Å²) in [5, 5.41) is 6.75. The number of carbonyl (C=O) groups is 1. The molecule has 4 heteroatoms. The van der Waals surface area contributed by atoms with Crippen LogP contribution in [0.5, 0.6) is 0 Å². The molecule has 1 N–H and O–H groups in total. The van der Waals surface area contributed by atoms with Crippen molar-refractivity contribution in [2.24, 2.45) is 0 Å². The molecule has 0 bridgehead atoms. The Morgan fingerprint density at radius 1 is 0.905 bits per heavy atom. The van der Waals surface area contributed by atoms with Crippen LogP contribution >= 0.6 is 0 Å². The summed E-state index contributed by atoms with van der Waals surface area (Å²) in [7, 11) is 1.96. The highest BCUT2D eigenvalue weighted by atomic mass is 16.2. The van der Waals surface area contributed by atoms with Crippen LogP contribution in [0.1, 0.15) is 40.0 Å². The molecule has 4 nitrogen and oxygen atoms in total.